The van der Waals surface area contributed by atoms with E-state index in [0.29, 0.717) is 13.1 Å². The van der Waals surface area contributed by atoms with E-state index in [0.717, 1.165) is 6.42 Å². The van der Waals surface area contributed by atoms with Gasteiger partial charge in [0.15, 0.2) is 6.29 Å². The Balaban J connectivity index is 2.45. The number of ether oxygens (including phenoxy) is 1. The van der Waals surface area contributed by atoms with Crippen LogP contribution in [0.2, 0.25) is 0 Å². The van der Waals surface area contributed by atoms with Crippen LogP contribution in [0.5, 0.6) is 0 Å². The number of amides is 1. The summed E-state index contributed by atoms with van der Waals surface area (Å²) >= 11 is 0. The molecule has 5 heteroatoms. The molecule has 0 aromatic rings. The fourth-order valence-corrected chi connectivity index (χ4v) is 1.75. The molecule has 1 aliphatic rings. The predicted octanol–water partition coefficient (Wildman–Crippen LogP) is 0.0215. The molecule has 0 bridgehead atoms. The van der Waals surface area contributed by atoms with Crippen molar-refractivity contribution in [1.29, 1.82) is 0 Å². The average molecular weight is 203 g/mol. The Kier molecular flexibility index (Phi) is 3.71. The van der Waals surface area contributed by atoms with Gasteiger partial charge in [0.2, 0.25) is 0 Å². The second-order valence-corrected chi connectivity index (χ2v) is 3.74. The number of hydrogen-bond donors (Lipinski definition) is 2. The van der Waals surface area contributed by atoms with Crippen molar-refractivity contribution in [2.75, 3.05) is 20.2 Å². The van der Waals surface area contributed by atoms with Crippen LogP contribution < -0.4 is 0 Å². The molecular formula is C9H17NO4. The van der Waals surface area contributed by atoms with Crippen molar-refractivity contribution in [1.82, 2.24) is 4.90 Å². The summed E-state index contributed by atoms with van der Waals surface area (Å²) in [5.74, 6) is -0.0567. The number of methoxy groups -OCH3 is 1. The van der Waals surface area contributed by atoms with Crippen molar-refractivity contribution in [3.05, 3.63) is 0 Å². The summed E-state index contributed by atoms with van der Waals surface area (Å²) < 4.78 is 4.58. The van der Waals surface area contributed by atoms with Crippen LogP contribution in [-0.4, -0.2) is 47.7 Å². The molecule has 2 N–H and O–H groups in total. The van der Waals surface area contributed by atoms with E-state index < -0.39 is 6.29 Å². The number of nitrogens with zero attached hydrogens (tertiary/aromatic N) is 1. The first kappa shape index (κ1) is 11.3. The summed E-state index contributed by atoms with van der Waals surface area (Å²) in [6, 6.07) is 0. The summed E-state index contributed by atoms with van der Waals surface area (Å²) in [5.41, 5.74) is 0. The Morgan fingerprint density at radius 3 is 2.71 bits per heavy atom. The number of rotatable bonds is 2. The van der Waals surface area contributed by atoms with E-state index >= 15 is 0 Å². The molecule has 1 saturated heterocycles. The molecule has 1 aliphatic heterocycles. The average Bonchev–Trinajstić information content (AvgIpc) is 2.64. The second kappa shape index (κ2) is 4.61. The van der Waals surface area contributed by atoms with Gasteiger partial charge in [-0.25, -0.2) is 4.79 Å². The molecule has 0 spiro atoms. The van der Waals surface area contributed by atoms with Crippen LogP contribution >= 0.6 is 0 Å². The first-order valence-electron chi connectivity index (χ1n) is 4.75. The standard InChI is InChI=1S/C9H17NO4/c1-6(8(11)12)7-3-4-10(5-7)9(13)14-2/h6-8,11-12H,3-5H2,1-2H3. The van der Waals surface area contributed by atoms with Gasteiger partial charge >= 0.3 is 6.09 Å². The quantitative estimate of drug-likeness (QED) is 0.621. The third-order valence-electron chi connectivity index (χ3n) is 2.87. The van der Waals surface area contributed by atoms with Crippen LogP contribution in [-0.2, 0) is 4.74 Å². The monoisotopic (exact) mass is 203 g/mol. The number of carbonyl (C=O) groups is 1. The van der Waals surface area contributed by atoms with Crippen LogP contribution in [0, 0.1) is 11.8 Å². The maximum absolute atomic E-state index is 11.1. The molecule has 5 nitrogen and oxygen atoms in total. The lowest BCUT2D eigenvalue weighted by molar-refractivity contribution is -0.0929. The molecule has 14 heavy (non-hydrogen) atoms. The lowest BCUT2D eigenvalue weighted by atomic mass is 9.93. The van der Waals surface area contributed by atoms with Crippen molar-refractivity contribution >= 4 is 6.09 Å². The van der Waals surface area contributed by atoms with E-state index in [-0.39, 0.29) is 17.9 Å². The number of likely N-dealkylation sites (tertiary alicyclic amines) is 1. The number of hydrogen-bond acceptors (Lipinski definition) is 4. The topological polar surface area (TPSA) is 70.0 Å². The molecule has 0 aromatic carbocycles. The molecule has 0 saturated carbocycles. The SMILES string of the molecule is COC(=O)N1CCC(C(C)C(O)O)C1. The third kappa shape index (κ3) is 2.36. The Labute approximate surface area is 83.3 Å². The van der Waals surface area contributed by atoms with Crippen molar-refractivity contribution in [3.8, 4) is 0 Å². The lowest BCUT2D eigenvalue weighted by Crippen LogP contribution is -2.31. The Bertz CT molecular complexity index is 207. The number of aliphatic hydroxyl groups is 2. The molecule has 1 fully saturated rings. The van der Waals surface area contributed by atoms with Crippen molar-refractivity contribution in [3.63, 3.8) is 0 Å². The van der Waals surface area contributed by atoms with Crippen LogP contribution in [0.15, 0.2) is 0 Å². The molecule has 1 rings (SSSR count). The highest BCUT2D eigenvalue weighted by Gasteiger charge is 2.32. The normalized spacial score (nSPS) is 24.1. The van der Waals surface area contributed by atoms with Gasteiger partial charge in [-0.1, -0.05) is 6.92 Å². The van der Waals surface area contributed by atoms with Gasteiger partial charge in [0, 0.05) is 19.0 Å². The van der Waals surface area contributed by atoms with Gasteiger partial charge in [-0.2, -0.15) is 0 Å². The first-order chi connectivity index (χ1) is 6.56. The lowest BCUT2D eigenvalue weighted by Gasteiger charge is -2.21. The van der Waals surface area contributed by atoms with E-state index in [4.69, 9.17) is 10.2 Å². The van der Waals surface area contributed by atoms with E-state index in [1.807, 2.05) is 0 Å². The minimum atomic E-state index is -1.31. The number of aliphatic hydroxyl groups excluding tert-OH is 1. The van der Waals surface area contributed by atoms with Crippen LogP contribution in [0.1, 0.15) is 13.3 Å². The molecule has 0 aliphatic carbocycles. The van der Waals surface area contributed by atoms with Gasteiger partial charge < -0.3 is 19.8 Å². The highest BCUT2D eigenvalue weighted by atomic mass is 16.5. The molecule has 0 aromatic heterocycles. The van der Waals surface area contributed by atoms with E-state index in [9.17, 15) is 4.79 Å². The predicted molar refractivity (Wildman–Crippen MR) is 49.5 cm³/mol. The summed E-state index contributed by atoms with van der Waals surface area (Å²) in [4.78, 5) is 12.7. The molecule has 82 valence electrons. The summed E-state index contributed by atoms with van der Waals surface area (Å²) in [5, 5.41) is 18.0. The van der Waals surface area contributed by atoms with Crippen LogP contribution in [0.25, 0.3) is 0 Å². The maximum Gasteiger partial charge on any atom is 0.409 e. The molecule has 1 heterocycles. The fraction of sp³-hybridized carbons (Fsp3) is 0.889. The Morgan fingerprint density at radius 2 is 2.21 bits per heavy atom. The zero-order valence-electron chi connectivity index (χ0n) is 8.51. The summed E-state index contributed by atoms with van der Waals surface area (Å²) in [6.07, 6.45) is -0.849. The molecule has 2 unspecified atom stereocenters. The van der Waals surface area contributed by atoms with Crippen molar-refractivity contribution in [2.45, 2.75) is 19.6 Å². The zero-order valence-corrected chi connectivity index (χ0v) is 8.51. The minimum Gasteiger partial charge on any atom is -0.453 e. The Hall–Kier alpha value is -0.810. The molecule has 0 radical (unpaired) electrons. The van der Waals surface area contributed by atoms with E-state index in [1.165, 1.54) is 7.11 Å². The largest absolute Gasteiger partial charge is 0.453 e. The number of carbonyl (C=O) groups excluding carboxylic acids is 1. The van der Waals surface area contributed by atoms with Gasteiger partial charge in [-0.15, -0.1) is 0 Å². The van der Waals surface area contributed by atoms with Crippen molar-refractivity contribution < 1.29 is 19.7 Å². The minimum absolute atomic E-state index is 0.147. The van der Waals surface area contributed by atoms with Crippen LogP contribution in [0.3, 0.4) is 0 Å². The highest BCUT2D eigenvalue weighted by Crippen LogP contribution is 2.25. The third-order valence-corrected chi connectivity index (χ3v) is 2.87. The zero-order chi connectivity index (χ0) is 10.7. The van der Waals surface area contributed by atoms with E-state index in [1.54, 1.807) is 11.8 Å². The first-order valence-corrected chi connectivity index (χ1v) is 4.75. The van der Waals surface area contributed by atoms with Crippen molar-refractivity contribution in [2.24, 2.45) is 11.8 Å². The van der Waals surface area contributed by atoms with Crippen LogP contribution in [0.4, 0.5) is 4.79 Å². The van der Waals surface area contributed by atoms with Gasteiger partial charge in [0.05, 0.1) is 7.11 Å². The maximum atomic E-state index is 11.1. The molecule has 1 amide bonds. The molecular weight excluding hydrogens is 186 g/mol. The fourth-order valence-electron chi connectivity index (χ4n) is 1.75. The second-order valence-electron chi connectivity index (χ2n) is 3.74. The smallest absolute Gasteiger partial charge is 0.409 e. The highest BCUT2D eigenvalue weighted by molar-refractivity contribution is 5.67. The van der Waals surface area contributed by atoms with Gasteiger partial charge in [0.1, 0.15) is 0 Å². The van der Waals surface area contributed by atoms with Gasteiger partial charge in [-0.3, -0.25) is 0 Å². The van der Waals surface area contributed by atoms with Gasteiger partial charge in [-0.05, 0) is 12.3 Å². The Morgan fingerprint density at radius 1 is 1.57 bits per heavy atom. The van der Waals surface area contributed by atoms with Gasteiger partial charge in [0.25, 0.3) is 0 Å². The summed E-state index contributed by atoms with van der Waals surface area (Å²) in [6.45, 7) is 2.95. The summed E-state index contributed by atoms with van der Waals surface area (Å²) in [7, 11) is 1.35. The molecule has 2 atom stereocenters. The van der Waals surface area contributed by atoms with E-state index in [2.05, 4.69) is 4.74 Å².